The smallest absolute Gasteiger partial charge is 0.242 e. The quantitative estimate of drug-likeness (QED) is 0.628. The van der Waals surface area contributed by atoms with E-state index in [1.165, 1.54) is 0 Å². The molecule has 1 amide bonds. The second kappa shape index (κ2) is 7.91. The van der Waals surface area contributed by atoms with Gasteiger partial charge in [0, 0.05) is 30.2 Å². The van der Waals surface area contributed by atoms with Crippen molar-refractivity contribution in [2.24, 2.45) is 11.8 Å². The van der Waals surface area contributed by atoms with E-state index in [2.05, 4.69) is 13.8 Å². The molecule has 2 atom stereocenters. The predicted octanol–water partition coefficient (Wildman–Crippen LogP) is 4.29. The minimum absolute atomic E-state index is 0.0356. The Kier molecular flexibility index (Phi) is 5.45. The number of hydrogen-bond donors (Lipinski definition) is 0. The maximum atomic E-state index is 13.3. The third-order valence-corrected chi connectivity index (χ3v) is 7.70. The zero-order valence-electron chi connectivity index (χ0n) is 17.7. The number of carbonyl (C=O) groups excluding carboxylic acids is 1. The number of fused-ring (bicyclic) bond motifs is 1. The van der Waals surface area contributed by atoms with Crippen LogP contribution in [0, 0.1) is 18.8 Å². The molecule has 1 aromatic heterocycles. The molecule has 1 fully saturated rings. The van der Waals surface area contributed by atoms with Crippen LogP contribution in [-0.2, 0) is 21.2 Å². The van der Waals surface area contributed by atoms with Crippen LogP contribution < -0.4 is 0 Å². The van der Waals surface area contributed by atoms with Crippen LogP contribution in [0.3, 0.4) is 0 Å². The topological polar surface area (TPSA) is 59.4 Å². The largest absolute Gasteiger partial charge is 0.341 e. The molecule has 0 radical (unpaired) electrons. The van der Waals surface area contributed by atoms with Gasteiger partial charge in [-0.15, -0.1) is 0 Å². The lowest BCUT2D eigenvalue weighted by Crippen LogP contribution is -2.43. The Morgan fingerprint density at radius 2 is 1.63 bits per heavy atom. The van der Waals surface area contributed by atoms with Gasteiger partial charge >= 0.3 is 0 Å². The predicted molar refractivity (Wildman–Crippen MR) is 118 cm³/mol. The number of likely N-dealkylation sites (tertiary alicyclic amines) is 1. The van der Waals surface area contributed by atoms with Crippen LogP contribution in [-0.4, -0.2) is 36.9 Å². The lowest BCUT2D eigenvalue weighted by molar-refractivity contribution is -0.134. The van der Waals surface area contributed by atoms with E-state index in [1.807, 2.05) is 36.1 Å². The van der Waals surface area contributed by atoms with E-state index in [0.717, 1.165) is 30.6 Å². The van der Waals surface area contributed by atoms with Crippen molar-refractivity contribution in [2.75, 3.05) is 13.1 Å². The Balaban J connectivity index is 1.71. The lowest BCUT2D eigenvalue weighted by Gasteiger charge is -2.35. The van der Waals surface area contributed by atoms with E-state index < -0.39 is 9.84 Å². The number of benzene rings is 2. The van der Waals surface area contributed by atoms with Gasteiger partial charge in [0.05, 0.1) is 9.79 Å². The normalized spacial score (nSPS) is 19.9. The molecule has 0 bridgehead atoms. The lowest BCUT2D eigenvalue weighted by atomic mass is 9.92. The molecular weight excluding hydrogens is 396 g/mol. The van der Waals surface area contributed by atoms with Crippen molar-refractivity contribution < 1.29 is 13.2 Å². The molecule has 6 heteroatoms. The van der Waals surface area contributed by atoms with Crippen LogP contribution in [0.15, 0.2) is 64.5 Å². The molecule has 2 aromatic carbocycles. The zero-order chi connectivity index (χ0) is 21.5. The van der Waals surface area contributed by atoms with Crippen LogP contribution >= 0.6 is 0 Å². The van der Waals surface area contributed by atoms with Crippen LogP contribution in [0.25, 0.3) is 10.9 Å². The molecule has 1 saturated heterocycles. The molecule has 0 N–H and O–H groups in total. The number of hydrogen-bond acceptors (Lipinski definition) is 3. The van der Waals surface area contributed by atoms with Gasteiger partial charge in [0.2, 0.25) is 15.7 Å². The van der Waals surface area contributed by atoms with Crippen molar-refractivity contribution in [3.63, 3.8) is 0 Å². The van der Waals surface area contributed by atoms with E-state index in [1.54, 1.807) is 35.0 Å². The summed E-state index contributed by atoms with van der Waals surface area (Å²) in [6, 6.07) is 14.3. The molecule has 30 heavy (non-hydrogen) atoms. The molecule has 5 nitrogen and oxygen atoms in total. The van der Waals surface area contributed by atoms with Gasteiger partial charge in [0.15, 0.2) is 0 Å². The number of para-hydroxylation sites is 1. The van der Waals surface area contributed by atoms with E-state index in [4.69, 9.17) is 0 Å². The molecule has 1 aliphatic rings. The van der Waals surface area contributed by atoms with Crippen LogP contribution in [0.2, 0.25) is 0 Å². The summed E-state index contributed by atoms with van der Waals surface area (Å²) >= 11 is 0. The van der Waals surface area contributed by atoms with Gasteiger partial charge in [-0.2, -0.15) is 0 Å². The molecule has 0 saturated carbocycles. The highest BCUT2D eigenvalue weighted by atomic mass is 32.2. The number of piperidine rings is 1. The van der Waals surface area contributed by atoms with Gasteiger partial charge in [-0.05, 0) is 43.4 Å². The Morgan fingerprint density at radius 1 is 1.00 bits per heavy atom. The molecule has 2 heterocycles. The maximum absolute atomic E-state index is 13.3. The van der Waals surface area contributed by atoms with Crippen LogP contribution in [0.5, 0.6) is 0 Å². The minimum Gasteiger partial charge on any atom is -0.341 e. The average molecular weight is 425 g/mol. The van der Waals surface area contributed by atoms with E-state index in [0.29, 0.717) is 17.2 Å². The van der Waals surface area contributed by atoms with Gasteiger partial charge in [0.1, 0.15) is 6.54 Å². The van der Waals surface area contributed by atoms with Crippen molar-refractivity contribution in [3.8, 4) is 0 Å². The van der Waals surface area contributed by atoms with Gasteiger partial charge in [0.25, 0.3) is 0 Å². The molecular formula is C24H28N2O3S. The van der Waals surface area contributed by atoms with Gasteiger partial charge < -0.3 is 9.47 Å². The summed E-state index contributed by atoms with van der Waals surface area (Å²) < 4.78 is 28.5. The third-order valence-electron chi connectivity index (χ3n) is 5.90. The van der Waals surface area contributed by atoms with Gasteiger partial charge in [-0.3, -0.25) is 4.79 Å². The monoisotopic (exact) mass is 424 g/mol. The summed E-state index contributed by atoms with van der Waals surface area (Å²) in [6.07, 6.45) is 2.75. The first-order valence-electron chi connectivity index (χ1n) is 10.4. The molecule has 1 aliphatic heterocycles. The second-order valence-corrected chi connectivity index (χ2v) is 10.6. The van der Waals surface area contributed by atoms with Gasteiger partial charge in [-0.1, -0.05) is 49.7 Å². The number of rotatable bonds is 4. The minimum atomic E-state index is -3.69. The third kappa shape index (κ3) is 3.88. The maximum Gasteiger partial charge on any atom is 0.242 e. The standard InChI is InChI=1S/C24H28N2O3S/c1-17-8-10-20(11-9-17)30(28,29)23-15-25(22-7-5-4-6-21(22)23)16-24(27)26-13-18(2)12-19(3)14-26/h4-11,15,18-19H,12-14,16H2,1-3H3. The number of sulfone groups is 1. The Bertz CT molecular complexity index is 1170. The average Bonchev–Trinajstić information content (AvgIpc) is 3.07. The van der Waals surface area contributed by atoms with E-state index in [-0.39, 0.29) is 22.2 Å². The first-order valence-corrected chi connectivity index (χ1v) is 11.9. The number of aryl methyl sites for hydroxylation is 1. The summed E-state index contributed by atoms with van der Waals surface area (Å²) in [5.41, 5.74) is 1.77. The fourth-order valence-electron chi connectivity index (χ4n) is 4.51. The van der Waals surface area contributed by atoms with Crippen LogP contribution in [0.4, 0.5) is 0 Å². The Hall–Kier alpha value is -2.60. The van der Waals surface area contributed by atoms with Crippen molar-refractivity contribution in [3.05, 3.63) is 60.3 Å². The summed E-state index contributed by atoms with van der Waals surface area (Å²) in [7, 11) is -3.69. The van der Waals surface area contributed by atoms with Crippen LogP contribution in [0.1, 0.15) is 25.8 Å². The molecule has 158 valence electrons. The van der Waals surface area contributed by atoms with E-state index >= 15 is 0 Å². The Morgan fingerprint density at radius 3 is 2.30 bits per heavy atom. The van der Waals surface area contributed by atoms with Gasteiger partial charge in [-0.25, -0.2) is 8.42 Å². The summed E-state index contributed by atoms with van der Waals surface area (Å²) in [5.74, 6) is 1.00. The highest BCUT2D eigenvalue weighted by Crippen LogP contribution is 2.31. The van der Waals surface area contributed by atoms with E-state index in [9.17, 15) is 13.2 Å². The fraction of sp³-hybridized carbons (Fsp3) is 0.375. The van der Waals surface area contributed by atoms with Crippen molar-refractivity contribution >= 4 is 26.6 Å². The second-order valence-electron chi connectivity index (χ2n) is 8.70. The fourth-order valence-corrected chi connectivity index (χ4v) is 5.99. The number of amides is 1. The number of aromatic nitrogens is 1. The summed E-state index contributed by atoms with van der Waals surface area (Å²) in [4.78, 5) is 15.5. The molecule has 0 spiro atoms. The molecule has 2 unspecified atom stereocenters. The van der Waals surface area contributed by atoms with Crippen molar-refractivity contribution in [1.29, 1.82) is 0 Å². The molecule has 0 aliphatic carbocycles. The Labute approximate surface area is 178 Å². The highest BCUT2D eigenvalue weighted by Gasteiger charge is 2.27. The SMILES string of the molecule is Cc1ccc(S(=O)(=O)c2cn(CC(=O)N3CC(C)CC(C)C3)c3ccccc23)cc1. The first kappa shape index (κ1) is 20.7. The summed E-state index contributed by atoms with van der Waals surface area (Å²) in [6.45, 7) is 7.94. The van der Waals surface area contributed by atoms with Crippen molar-refractivity contribution in [2.45, 2.75) is 43.5 Å². The zero-order valence-corrected chi connectivity index (χ0v) is 18.5. The van der Waals surface area contributed by atoms with Crippen molar-refractivity contribution in [1.82, 2.24) is 9.47 Å². The first-order chi connectivity index (χ1) is 14.3. The summed E-state index contributed by atoms with van der Waals surface area (Å²) in [5, 5.41) is 0.645. The molecule has 4 rings (SSSR count). The number of nitrogens with zero attached hydrogens (tertiary/aromatic N) is 2. The molecule has 3 aromatic rings. The number of carbonyl (C=O) groups is 1. The highest BCUT2D eigenvalue weighted by molar-refractivity contribution is 7.91.